The third-order valence-electron chi connectivity index (χ3n) is 5.48. The quantitative estimate of drug-likeness (QED) is 0.613. The summed E-state index contributed by atoms with van der Waals surface area (Å²) in [5, 5.41) is 3.41. The molecule has 164 valence electrons. The van der Waals surface area contributed by atoms with Gasteiger partial charge in [-0.25, -0.2) is 9.89 Å². The molecule has 2 aliphatic heterocycles. The molecule has 0 spiro atoms. The van der Waals surface area contributed by atoms with Crippen molar-refractivity contribution in [2.75, 3.05) is 5.75 Å². The first-order valence-corrected chi connectivity index (χ1v) is 11.7. The molecule has 0 saturated carbocycles. The van der Waals surface area contributed by atoms with Gasteiger partial charge in [0.05, 0.1) is 11.4 Å². The zero-order chi connectivity index (χ0) is 22.6. The van der Waals surface area contributed by atoms with Crippen LogP contribution in [0.1, 0.15) is 16.7 Å². The highest BCUT2D eigenvalue weighted by Gasteiger charge is 2.41. The number of nitrogens with one attached hydrogen (secondary N) is 1. The standard InChI is InChI=1S/C26H22N4O2S/c31-23(27-16-19-11-5-2-6-12-19)17-33-26-29-21-14-8-7-13-20(21)24-28-22(25(32)30(24)26)15-18-9-3-1-4-10-18/h1-14,22H,15-17H2,(H,27,31)/t22-/m1/s1. The molecule has 3 aromatic rings. The van der Waals surface area contributed by atoms with Crippen LogP contribution in [0.4, 0.5) is 5.69 Å². The molecule has 0 unspecified atom stereocenters. The van der Waals surface area contributed by atoms with Crippen molar-refractivity contribution >= 4 is 40.3 Å². The molecule has 0 saturated heterocycles. The van der Waals surface area contributed by atoms with Gasteiger partial charge in [0, 0.05) is 18.5 Å². The Kier molecular flexibility index (Phi) is 6.04. The van der Waals surface area contributed by atoms with Crippen molar-refractivity contribution < 1.29 is 9.59 Å². The van der Waals surface area contributed by atoms with Gasteiger partial charge in [0.1, 0.15) is 11.9 Å². The molecule has 0 bridgehead atoms. The van der Waals surface area contributed by atoms with Crippen LogP contribution in [0.25, 0.3) is 0 Å². The zero-order valence-corrected chi connectivity index (χ0v) is 18.7. The molecule has 3 aromatic carbocycles. The Bertz CT molecular complexity index is 1240. The Morgan fingerprint density at radius 1 is 0.909 bits per heavy atom. The molecule has 2 aliphatic rings. The number of hydrogen-bond donors (Lipinski definition) is 1. The van der Waals surface area contributed by atoms with Gasteiger partial charge in [-0.3, -0.25) is 14.6 Å². The van der Waals surface area contributed by atoms with Crippen molar-refractivity contribution in [1.29, 1.82) is 0 Å². The number of nitrogens with zero attached hydrogens (tertiary/aromatic N) is 3. The maximum absolute atomic E-state index is 13.3. The molecule has 0 fully saturated rings. The number of amides is 2. The summed E-state index contributed by atoms with van der Waals surface area (Å²) in [7, 11) is 0. The van der Waals surface area contributed by atoms with Crippen LogP contribution < -0.4 is 5.32 Å². The number of hydrogen-bond acceptors (Lipinski definition) is 5. The number of para-hydroxylation sites is 1. The fraction of sp³-hybridized carbons (Fsp3) is 0.154. The number of aliphatic imine (C=N–C) groups is 2. The van der Waals surface area contributed by atoms with Gasteiger partial charge in [-0.15, -0.1) is 0 Å². The second-order valence-electron chi connectivity index (χ2n) is 7.79. The van der Waals surface area contributed by atoms with Crippen molar-refractivity contribution in [2.45, 2.75) is 19.0 Å². The molecule has 1 N–H and O–H groups in total. The molecule has 0 radical (unpaired) electrons. The highest BCUT2D eigenvalue weighted by molar-refractivity contribution is 8.14. The minimum absolute atomic E-state index is 0.112. The topological polar surface area (TPSA) is 74.1 Å². The summed E-state index contributed by atoms with van der Waals surface area (Å²) < 4.78 is 0. The first-order valence-electron chi connectivity index (χ1n) is 10.8. The van der Waals surface area contributed by atoms with Gasteiger partial charge in [0.25, 0.3) is 5.91 Å². The van der Waals surface area contributed by atoms with Gasteiger partial charge in [-0.1, -0.05) is 84.6 Å². The molecule has 0 aliphatic carbocycles. The van der Waals surface area contributed by atoms with Crippen LogP contribution in [0.15, 0.2) is 94.9 Å². The van der Waals surface area contributed by atoms with Crippen LogP contribution >= 0.6 is 11.8 Å². The molecule has 7 heteroatoms. The van der Waals surface area contributed by atoms with Crippen molar-refractivity contribution in [2.24, 2.45) is 9.98 Å². The number of thioether (sulfide) groups is 1. The Morgan fingerprint density at radius 3 is 2.33 bits per heavy atom. The summed E-state index contributed by atoms with van der Waals surface area (Å²) in [6, 6.07) is 26.8. The molecule has 2 heterocycles. The van der Waals surface area contributed by atoms with Crippen LogP contribution in [0.3, 0.4) is 0 Å². The zero-order valence-electron chi connectivity index (χ0n) is 17.8. The smallest absolute Gasteiger partial charge is 0.259 e. The summed E-state index contributed by atoms with van der Waals surface area (Å²) >= 11 is 1.25. The third-order valence-corrected chi connectivity index (χ3v) is 6.42. The number of rotatable bonds is 6. The van der Waals surface area contributed by atoms with E-state index >= 15 is 0 Å². The number of carbonyl (C=O) groups is 2. The van der Waals surface area contributed by atoms with Crippen molar-refractivity contribution in [3.05, 3.63) is 102 Å². The molecular formula is C26H22N4O2S. The van der Waals surface area contributed by atoms with Gasteiger partial charge in [0.15, 0.2) is 5.17 Å². The minimum Gasteiger partial charge on any atom is -0.351 e. The minimum atomic E-state index is -0.508. The van der Waals surface area contributed by atoms with Gasteiger partial charge in [-0.2, -0.15) is 0 Å². The predicted octanol–water partition coefficient (Wildman–Crippen LogP) is 3.94. The van der Waals surface area contributed by atoms with Gasteiger partial charge >= 0.3 is 0 Å². The van der Waals surface area contributed by atoms with Crippen LogP contribution in [-0.2, 0) is 22.6 Å². The van der Waals surface area contributed by atoms with Crippen LogP contribution in [0.2, 0.25) is 0 Å². The lowest BCUT2D eigenvalue weighted by Gasteiger charge is -2.25. The van der Waals surface area contributed by atoms with Crippen molar-refractivity contribution in [3.8, 4) is 0 Å². The van der Waals surface area contributed by atoms with Crippen molar-refractivity contribution in [1.82, 2.24) is 10.2 Å². The third kappa shape index (κ3) is 4.59. The van der Waals surface area contributed by atoms with E-state index in [9.17, 15) is 9.59 Å². The number of benzene rings is 3. The summed E-state index contributed by atoms with van der Waals surface area (Å²) in [4.78, 5) is 36.8. The van der Waals surface area contributed by atoms with Gasteiger partial charge in [0.2, 0.25) is 5.91 Å². The lowest BCUT2D eigenvalue weighted by molar-refractivity contribution is -0.124. The second kappa shape index (κ2) is 9.42. The SMILES string of the molecule is O=C(CSC1=Nc2ccccc2C2=N[C@H](Cc3ccccc3)C(=O)N12)NCc1ccccc1. The molecule has 33 heavy (non-hydrogen) atoms. The van der Waals surface area contributed by atoms with E-state index in [2.05, 4.69) is 5.32 Å². The van der Waals surface area contributed by atoms with E-state index < -0.39 is 6.04 Å². The Labute approximate surface area is 196 Å². The van der Waals surface area contributed by atoms with E-state index in [0.29, 0.717) is 24.0 Å². The average Bonchev–Trinajstić information content (AvgIpc) is 3.19. The van der Waals surface area contributed by atoms with E-state index in [1.54, 1.807) is 4.90 Å². The van der Waals surface area contributed by atoms with E-state index in [0.717, 1.165) is 22.4 Å². The Morgan fingerprint density at radius 2 is 1.58 bits per heavy atom. The summed E-state index contributed by atoms with van der Waals surface area (Å²) in [6.45, 7) is 0.462. The van der Waals surface area contributed by atoms with E-state index in [-0.39, 0.29) is 17.6 Å². The molecule has 5 rings (SSSR count). The normalized spacial score (nSPS) is 16.5. The van der Waals surface area contributed by atoms with E-state index in [1.807, 2.05) is 84.9 Å². The van der Waals surface area contributed by atoms with Crippen LogP contribution in [0, 0.1) is 0 Å². The fourth-order valence-corrected chi connectivity index (χ4v) is 4.68. The lowest BCUT2D eigenvalue weighted by atomic mass is 10.1. The van der Waals surface area contributed by atoms with Gasteiger partial charge in [-0.05, 0) is 23.3 Å². The van der Waals surface area contributed by atoms with Gasteiger partial charge < -0.3 is 5.32 Å². The average molecular weight is 455 g/mol. The highest BCUT2D eigenvalue weighted by Crippen LogP contribution is 2.34. The fourth-order valence-electron chi connectivity index (χ4n) is 3.85. The highest BCUT2D eigenvalue weighted by atomic mass is 32.2. The maximum atomic E-state index is 13.3. The Balaban J connectivity index is 1.33. The largest absolute Gasteiger partial charge is 0.351 e. The van der Waals surface area contributed by atoms with Crippen LogP contribution in [-0.4, -0.2) is 39.5 Å². The summed E-state index contributed by atoms with van der Waals surface area (Å²) in [5.41, 5.74) is 3.68. The maximum Gasteiger partial charge on any atom is 0.259 e. The lowest BCUT2D eigenvalue weighted by Crippen LogP contribution is -2.42. The molecule has 0 aromatic heterocycles. The first-order chi connectivity index (χ1) is 16.2. The van der Waals surface area contributed by atoms with E-state index in [4.69, 9.17) is 9.98 Å². The molecular weight excluding hydrogens is 432 g/mol. The predicted molar refractivity (Wildman–Crippen MR) is 132 cm³/mol. The number of amidine groups is 2. The number of fused-ring (bicyclic) bond motifs is 3. The van der Waals surface area contributed by atoms with Crippen molar-refractivity contribution in [3.63, 3.8) is 0 Å². The molecule has 2 amide bonds. The summed E-state index contributed by atoms with van der Waals surface area (Å²) in [5.74, 6) is 0.545. The van der Waals surface area contributed by atoms with Crippen LogP contribution in [0.5, 0.6) is 0 Å². The second-order valence-corrected chi connectivity index (χ2v) is 8.74. The first kappa shape index (κ1) is 21.2. The summed E-state index contributed by atoms with van der Waals surface area (Å²) in [6.07, 6.45) is 0.525. The molecule has 1 atom stereocenters. The molecule has 6 nitrogen and oxygen atoms in total. The Hall–Kier alpha value is -3.71. The number of carbonyl (C=O) groups excluding carboxylic acids is 2. The monoisotopic (exact) mass is 454 g/mol. The van der Waals surface area contributed by atoms with E-state index in [1.165, 1.54) is 11.8 Å².